The minimum atomic E-state index is -0.128. The average molecular weight is 263 g/mol. The van der Waals surface area contributed by atoms with Crippen LogP contribution in [0.5, 0.6) is 0 Å². The molecule has 1 aromatic heterocycles. The lowest BCUT2D eigenvalue weighted by atomic mass is 9.99. The third-order valence-electron chi connectivity index (χ3n) is 3.09. The Kier molecular flexibility index (Phi) is 4.13. The highest BCUT2D eigenvalue weighted by atomic mass is 35.5. The highest BCUT2D eigenvalue weighted by molar-refractivity contribution is 6.22. The van der Waals surface area contributed by atoms with Crippen molar-refractivity contribution in [3.8, 4) is 0 Å². The summed E-state index contributed by atoms with van der Waals surface area (Å²) in [5.41, 5.74) is 3.53. The van der Waals surface area contributed by atoms with Crippen molar-refractivity contribution in [1.29, 1.82) is 0 Å². The van der Waals surface area contributed by atoms with Crippen LogP contribution in [0.25, 0.3) is 0 Å². The number of benzene rings is 1. The van der Waals surface area contributed by atoms with Gasteiger partial charge in [-0.25, -0.2) is 0 Å². The third-order valence-corrected chi connectivity index (χ3v) is 3.58. The average Bonchev–Trinajstić information content (AvgIpc) is 2.75. The predicted molar refractivity (Wildman–Crippen MR) is 76.1 cm³/mol. The topological polar surface area (TPSA) is 13.1 Å². The van der Waals surface area contributed by atoms with E-state index < -0.39 is 0 Å². The van der Waals surface area contributed by atoms with E-state index in [4.69, 9.17) is 16.0 Å². The van der Waals surface area contributed by atoms with E-state index in [2.05, 4.69) is 38.1 Å². The van der Waals surface area contributed by atoms with Crippen LogP contribution >= 0.6 is 11.6 Å². The fourth-order valence-electron chi connectivity index (χ4n) is 2.13. The molecule has 1 atom stereocenters. The van der Waals surface area contributed by atoms with Gasteiger partial charge in [0.05, 0.1) is 11.6 Å². The van der Waals surface area contributed by atoms with Crippen LogP contribution in [-0.2, 0) is 6.42 Å². The van der Waals surface area contributed by atoms with E-state index in [0.29, 0.717) is 5.92 Å². The molecule has 1 nitrogen and oxygen atoms in total. The zero-order valence-corrected chi connectivity index (χ0v) is 11.9. The molecule has 1 aromatic carbocycles. The van der Waals surface area contributed by atoms with Gasteiger partial charge >= 0.3 is 0 Å². The summed E-state index contributed by atoms with van der Waals surface area (Å²) < 4.78 is 5.30. The fraction of sp³-hybridized carbons (Fsp3) is 0.375. The summed E-state index contributed by atoms with van der Waals surface area (Å²) in [6.07, 6.45) is 2.80. The van der Waals surface area contributed by atoms with Gasteiger partial charge in [0.2, 0.25) is 0 Å². The Hall–Kier alpha value is -1.21. The number of alkyl halides is 1. The number of furan rings is 1. The van der Waals surface area contributed by atoms with Crippen molar-refractivity contribution in [2.24, 2.45) is 5.92 Å². The highest BCUT2D eigenvalue weighted by Crippen LogP contribution is 2.31. The van der Waals surface area contributed by atoms with Crippen molar-refractivity contribution in [2.75, 3.05) is 0 Å². The van der Waals surface area contributed by atoms with E-state index in [1.165, 1.54) is 5.56 Å². The van der Waals surface area contributed by atoms with Crippen molar-refractivity contribution in [2.45, 2.75) is 32.6 Å². The van der Waals surface area contributed by atoms with Crippen molar-refractivity contribution in [1.82, 2.24) is 0 Å². The zero-order valence-electron chi connectivity index (χ0n) is 11.1. The lowest BCUT2D eigenvalue weighted by Gasteiger charge is -2.11. The third kappa shape index (κ3) is 2.97. The normalized spacial score (nSPS) is 12.9. The largest absolute Gasteiger partial charge is 0.469 e. The van der Waals surface area contributed by atoms with Crippen molar-refractivity contribution in [3.63, 3.8) is 0 Å². The Balaban J connectivity index is 2.17. The molecule has 0 spiro atoms. The van der Waals surface area contributed by atoms with Crippen LogP contribution in [-0.4, -0.2) is 0 Å². The van der Waals surface area contributed by atoms with E-state index in [0.717, 1.165) is 23.3 Å². The minimum absolute atomic E-state index is 0.128. The van der Waals surface area contributed by atoms with E-state index in [1.807, 2.05) is 13.0 Å². The molecule has 0 saturated carbocycles. The van der Waals surface area contributed by atoms with Gasteiger partial charge in [0.15, 0.2) is 0 Å². The van der Waals surface area contributed by atoms with Crippen molar-refractivity contribution in [3.05, 3.63) is 59.0 Å². The molecule has 2 rings (SSSR count). The van der Waals surface area contributed by atoms with Gasteiger partial charge in [-0.05, 0) is 36.5 Å². The SMILES string of the molecule is Cc1occc1C(Cl)c1ccc(CC(C)C)cc1. The van der Waals surface area contributed by atoms with Crippen LogP contribution in [0.1, 0.15) is 41.7 Å². The summed E-state index contributed by atoms with van der Waals surface area (Å²) in [7, 11) is 0. The first-order valence-electron chi connectivity index (χ1n) is 6.35. The quantitative estimate of drug-likeness (QED) is 0.698. The molecule has 2 heteroatoms. The lowest BCUT2D eigenvalue weighted by Crippen LogP contribution is -1.96. The van der Waals surface area contributed by atoms with E-state index >= 15 is 0 Å². The van der Waals surface area contributed by atoms with Crippen LogP contribution in [0, 0.1) is 12.8 Å². The van der Waals surface area contributed by atoms with Gasteiger partial charge in [0.25, 0.3) is 0 Å². The van der Waals surface area contributed by atoms with Gasteiger partial charge in [-0.15, -0.1) is 11.6 Å². The Labute approximate surface area is 114 Å². The summed E-state index contributed by atoms with van der Waals surface area (Å²) >= 11 is 6.48. The molecule has 0 amide bonds. The van der Waals surface area contributed by atoms with Crippen molar-refractivity contribution < 1.29 is 4.42 Å². The van der Waals surface area contributed by atoms with Gasteiger partial charge in [0.1, 0.15) is 5.76 Å². The highest BCUT2D eigenvalue weighted by Gasteiger charge is 2.15. The molecule has 2 aromatic rings. The summed E-state index contributed by atoms with van der Waals surface area (Å²) in [6, 6.07) is 10.5. The molecule has 0 aliphatic heterocycles. The number of aryl methyl sites for hydroxylation is 1. The summed E-state index contributed by atoms with van der Waals surface area (Å²) in [5.74, 6) is 1.57. The Morgan fingerprint density at radius 1 is 1.11 bits per heavy atom. The van der Waals surface area contributed by atoms with Crippen molar-refractivity contribution >= 4 is 11.6 Å². The molecule has 0 bridgehead atoms. The molecular weight excluding hydrogens is 244 g/mol. The monoisotopic (exact) mass is 262 g/mol. The van der Waals surface area contributed by atoms with E-state index in [9.17, 15) is 0 Å². The number of hydrogen-bond acceptors (Lipinski definition) is 1. The van der Waals surface area contributed by atoms with Crippen LogP contribution in [0.2, 0.25) is 0 Å². The maximum Gasteiger partial charge on any atom is 0.105 e. The van der Waals surface area contributed by atoms with Gasteiger partial charge in [-0.1, -0.05) is 38.1 Å². The molecule has 0 N–H and O–H groups in total. The smallest absolute Gasteiger partial charge is 0.105 e. The van der Waals surface area contributed by atoms with Crippen LogP contribution in [0.3, 0.4) is 0 Å². The summed E-state index contributed by atoms with van der Waals surface area (Å²) in [6.45, 7) is 6.40. The van der Waals surface area contributed by atoms with Gasteiger partial charge in [-0.2, -0.15) is 0 Å². The van der Waals surface area contributed by atoms with Crippen LogP contribution < -0.4 is 0 Å². The number of rotatable bonds is 4. The second-order valence-electron chi connectivity index (χ2n) is 5.13. The zero-order chi connectivity index (χ0) is 13.1. The van der Waals surface area contributed by atoms with E-state index in [1.54, 1.807) is 6.26 Å². The Bertz CT molecular complexity index is 496. The van der Waals surface area contributed by atoms with E-state index in [-0.39, 0.29) is 5.38 Å². The first-order chi connectivity index (χ1) is 8.58. The summed E-state index contributed by atoms with van der Waals surface area (Å²) in [4.78, 5) is 0. The maximum absolute atomic E-state index is 6.48. The molecule has 0 saturated heterocycles. The van der Waals surface area contributed by atoms with Gasteiger partial charge in [-0.3, -0.25) is 0 Å². The molecular formula is C16H19ClO. The Morgan fingerprint density at radius 3 is 2.28 bits per heavy atom. The van der Waals surface area contributed by atoms with Gasteiger partial charge < -0.3 is 4.42 Å². The second-order valence-corrected chi connectivity index (χ2v) is 5.57. The standard InChI is InChI=1S/C16H19ClO/c1-11(2)10-13-4-6-14(7-5-13)16(17)15-8-9-18-12(15)3/h4-9,11,16H,10H2,1-3H3. The molecule has 1 heterocycles. The van der Waals surface area contributed by atoms with Crippen LogP contribution in [0.15, 0.2) is 41.0 Å². The fourth-order valence-corrected chi connectivity index (χ4v) is 2.50. The second kappa shape index (κ2) is 5.62. The first kappa shape index (κ1) is 13.2. The van der Waals surface area contributed by atoms with Crippen LogP contribution in [0.4, 0.5) is 0 Å². The number of hydrogen-bond donors (Lipinski definition) is 0. The lowest BCUT2D eigenvalue weighted by molar-refractivity contribution is 0.530. The number of halogens is 1. The summed E-state index contributed by atoms with van der Waals surface area (Å²) in [5, 5.41) is -0.128. The minimum Gasteiger partial charge on any atom is -0.469 e. The molecule has 0 aliphatic carbocycles. The Morgan fingerprint density at radius 2 is 1.78 bits per heavy atom. The molecule has 0 aliphatic rings. The maximum atomic E-state index is 6.48. The predicted octanol–water partition coefficient (Wildman–Crippen LogP) is 5.11. The molecule has 96 valence electrons. The molecule has 0 fully saturated rings. The molecule has 18 heavy (non-hydrogen) atoms. The first-order valence-corrected chi connectivity index (χ1v) is 6.78. The van der Waals surface area contributed by atoms with Gasteiger partial charge in [0, 0.05) is 5.56 Å². The molecule has 1 unspecified atom stereocenters. The molecule has 0 radical (unpaired) electrons.